The van der Waals surface area contributed by atoms with Gasteiger partial charge in [0.2, 0.25) is 11.8 Å². The molecule has 0 aromatic rings. The van der Waals surface area contributed by atoms with Crippen LogP contribution in [0.5, 0.6) is 0 Å². The molecule has 1 fully saturated rings. The zero-order valence-electron chi connectivity index (χ0n) is 12.4. The normalized spacial score (nSPS) is 25.5. The third kappa shape index (κ3) is 5.18. The molecular weight excluding hydrogens is 289 g/mol. The van der Waals surface area contributed by atoms with Crippen LogP contribution < -0.4 is 5.32 Å². The third-order valence-corrected chi connectivity index (χ3v) is 3.69. The largest absolute Gasteiger partial charge is 0.522 e. The van der Waals surface area contributed by atoms with Crippen molar-refractivity contribution >= 4 is 11.8 Å². The van der Waals surface area contributed by atoms with Gasteiger partial charge in [0, 0.05) is 19.0 Å². The van der Waals surface area contributed by atoms with Crippen LogP contribution in [0, 0.1) is 5.92 Å². The molecule has 0 aromatic carbocycles. The highest BCUT2D eigenvalue weighted by molar-refractivity contribution is 5.90. The van der Waals surface area contributed by atoms with Crippen LogP contribution in [0.4, 0.5) is 13.2 Å². The topological polar surface area (TPSA) is 58.6 Å². The minimum atomic E-state index is -4.72. The molecule has 0 aromatic heterocycles. The van der Waals surface area contributed by atoms with Crippen LogP contribution in [0.15, 0.2) is 0 Å². The van der Waals surface area contributed by atoms with Crippen molar-refractivity contribution in [2.45, 2.75) is 52.1 Å². The Labute approximate surface area is 121 Å². The Hall–Kier alpha value is -1.31. The molecule has 1 aliphatic rings. The summed E-state index contributed by atoms with van der Waals surface area (Å²) in [6.07, 6.45) is -3.97. The van der Waals surface area contributed by atoms with Gasteiger partial charge in [-0.05, 0) is 12.8 Å². The van der Waals surface area contributed by atoms with Gasteiger partial charge in [-0.15, -0.1) is 13.2 Å². The molecule has 1 N–H and O–H groups in total. The monoisotopic (exact) mass is 310 g/mol. The van der Waals surface area contributed by atoms with E-state index in [1.54, 1.807) is 6.92 Å². The summed E-state index contributed by atoms with van der Waals surface area (Å²) in [4.78, 5) is 25.5. The van der Waals surface area contributed by atoms with Crippen LogP contribution in [-0.4, -0.2) is 48.3 Å². The highest BCUT2D eigenvalue weighted by Gasteiger charge is 2.37. The van der Waals surface area contributed by atoms with Crippen LogP contribution in [0.3, 0.4) is 0 Å². The lowest BCUT2D eigenvalue weighted by molar-refractivity contribution is -0.325. The maximum absolute atomic E-state index is 12.4. The number of nitrogens with zero attached hydrogens (tertiary/aromatic N) is 1. The molecule has 0 bridgehead atoms. The molecular formula is C13H21F3N2O3. The van der Waals surface area contributed by atoms with E-state index in [-0.39, 0.29) is 30.7 Å². The summed E-state index contributed by atoms with van der Waals surface area (Å²) in [7, 11) is 0. The average Bonchev–Trinajstić information content (AvgIpc) is 2.47. The number of carbonyl (C=O) groups is 2. The third-order valence-electron chi connectivity index (χ3n) is 3.69. The van der Waals surface area contributed by atoms with Crippen molar-refractivity contribution in [3.63, 3.8) is 0 Å². The minimum Gasteiger partial charge on any atom is -0.344 e. The second kappa shape index (κ2) is 7.11. The first-order chi connectivity index (χ1) is 9.65. The molecule has 1 aliphatic heterocycles. The SMILES string of the molecule is CCC(C)C1NC(=O)CC(C)N(CCOC(F)(F)F)C1=O. The fourth-order valence-electron chi connectivity index (χ4n) is 2.28. The highest BCUT2D eigenvalue weighted by Crippen LogP contribution is 2.19. The van der Waals surface area contributed by atoms with Gasteiger partial charge in [0.05, 0.1) is 6.61 Å². The number of hydrogen-bond acceptors (Lipinski definition) is 3. The van der Waals surface area contributed by atoms with Crippen LogP contribution in [-0.2, 0) is 14.3 Å². The highest BCUT2D eigenvalue weighted by atomic mass is 19.4. The lowest BCUT2D eigenvalue weighted by Gasteiger charge is -2.30. The summed E-state index contributed by atoms with van der Waals surface area (Å²) in [5, 5.41) is 2.65. The maximum Gasteiger partial charge on any atom is 0.522 e. The van der Waals surface area contributed by atoms with E-state index < -0.39 is 25.1 Å². The van der Waals surface area contributed by atoms with Crippen molar-refractivity contribution in [1.29, 1.82) is 0 Å². The van der Waals surface area contributed by atoms with Crippen LogP contribution in [0.2, 0.25) is 0 Å². The molecule has 3 unspecified atom stereocenters. The lowest BCUT2D eigenvalue weighted by Crippen LogP contribution is -2.50. The van der Waals surface area contributed by atoms with Crippen LogP contribution in [0.25, 0.3) is 0 Å². The molecule has 1 rings (SSSR count). The predicted octanol–water partition coefficient (Wildman–Crippen LogP) is 1.67. The first-order valence-electron chi connectivity index (χ1n) is 6.96. The van der Waals surface area contributed by atoms with Gasteiger partial charge in [-0.25, -0.2) is 0 Å². The Morgan fingerprint density at radius 2 is 2.05 bits per heavy atom. The lowest BCUT2D eigenvalue weighted by atomic mass is 9.98. The van der Waals surface area contributed by atoms with E-state index in [9.17, 15) is 22.8 Å². The van der Waals surface area contributed by atoms with Crippen molar-refractivity contribution in [2.24, 2.45) is 5.92 Å². The Balaban J connectivity index is 2.78. The Morgan fingerprint density at radius 1 is 1.43 bits per heavy atom. The molecule has 122 valence electrons. The van der Waals surface area contributed by atoms with Gasteiger partial charge < -0.3 is 10.2 Å². The molecule has 0 saturated carbocycles. The Morgan fingerprint density at radius 3 is 2.57 bits per heavy atom. The van der Waals surface area contributed by atoms with Crippen molar-refractivity contribution < 1.29 is 27.5 Å². The molecule has 3 atom stereocenters. The predicted molar refractivity (Wildman–Crippen MR) is 69.2 cm³/mol. The zero-order valence-corrected chi connectivity index (χ0v) is 12.4. The van der Waals surface area contributed by atoms with Gasteiger partial charge in [0.25, 0.3) is 0 Å². The van der Waals surface area contributed by atoms with Crippen LogP contribution in [0.1, 0.15) is 33.6 Å². The molecule has 5 nitrogen and oxygen atoms in total. The van der Waals surface area contributed by atoms with E-state index in [4.69, 9.17) is 0 Å². The Kier molecular flexibility index (Phi) is 6.00. The second-order valence-corrected chi connectivity index (χ2v) is 5.31. The standard InChI is InChI=1S/C13H21F3N2O3/c1-4-8(2)11-12(20)18(5-6-21-13(14,15)16)9(3)7-10(19)17-11/h8-9,11H,4-7H2,1-3H3,(H,17,19). The smallest absolute Gasteiger partial charge is 0.344 e. The molecule has 0 aliphatic carbocycles. The first kappa shape index (κ1) is 17.7. The number of alkyl halides is 3. The molecule has 1 heterocycles. The number of amides is 2. The van der Waals surface area contributed by atoms with Crippen molar-refractivity contribution in [2.75, 3.05) is 13.2 Å². The molecule has 8 heteroatoms. The maximum atomic E-state index is 12.4. The number of ether oxygens (including phenoxy) is 1. The quantitative estimate of drug-likeness (QED) is 0.840. The van der Waals surface area contributed by atoms with E-state index in [1.165, 1.54) is 4.90 Å². The van der Waals surface area contributed by atoms with Gasteiger partial charge in [-0.2, -0.15) is 0 Å². The summed E-state index contributed by atoms with van der Waals surface area (Å²) in [6, 6.07) is -1.15. The van der Waals surface area contributed by atoms with Crippen molar-refractivity contribution in [1.82, 2.24) is 10.2 Å². The van der Waals surface area contributed by atoms with Crippen molar-refractivity contribution in [3.05, 3.63) is 0 Å². The van der Waals surface area contributed by atoms with E-state index >= 15 is 0 Å². The van der Waals surface area contributed by atoms with E-state index in [1.807, 2.05) is 13.8 Å². The number of halogens is 3. The van der Waals surface area contributed by atoms with Gasteiger partial charge in [-0.3, -0.25) is 14.3 Å². The number of carbonyl (C=O) groups excluding carboxylic acids is 2. The van der Waals surface area contributed by atoms with Crippen LogP contribution >= 0.6 is 0 Å². The van der Waals surface area contributed by atoms with Gasteiger partial charge >= 0.3 is 6.36 Å². The fourth-order valence-corrected chi connectivity index (χ4v) is 2.28. The summed E-state index contributed by atoms with van der Waals surface area (Å²) in [6.45, 7) is 4.52. The number of nitrogens with one attached hydrogen (secondary N) is 1. The summed E-state index contributed by atoms with van der Waals surface area (Å²) >= 11 is 0. The van der Waals surface area contributed by atoms with E-state index in [0.29, 0.717) is 6.42 Å². The molecule has 21 heavy (non-hydrogen) atoms. The first-order valence-corrected chi connectivity index (χ1v) is 6.96. The zero-order chi connectivity index (χ0) is 16.2. The van der Waals surface area contributed by atoms with Gasteiger partial charge in [0.1, 0.15) is 6.04 Å². The van der Waals surface area contributed by atoms with Gasteiger partial charge in [-0.1, -0.05) is 20.3 Å². The fraction of sp³-hybridized carbons (Fsp3) is 0.846. The van der Waals surface area contributed by atoms with E-state index in [0.717, 1.165) is 0 Å². The molecule has 1 saturated heterocycles. The van der Waals surface area contributed by atoms with E-state index in [2.05, 4.69) is 10.1 Å². The number of hydrogen-bond donors (Lipinski definition) is 1. The average molecular weight is 310 g/mol. The summed E-state index contributed by atoms with van der Waals surface area (Å²) < 4.78 is 39.8. The Bertz CT molecular complexity index is 387. The molecule has 0 spiro atoms. The summed E-state index contributed by atoms with van der Waals surface area (Å²) in [5.41, 5.74) is 0. The number of rotatable bonds is 5. The minimum absolute atomic E-state index is 0.0741. The second-order valence-electron chi connectivity index (χ2n) is 5.31. The molecule has 0 radical (unpaired) electrons. The molecule has 2 amide bonds. The summed E-state index contributed by atoms with van der Waals surface area (Å²) in [5.74, 6) is -0.702. The van der Waals surface area contributed by atoms with Gasteiger partial charge in [0.15, 0.2) is 0 Å². The van der Waals surface area contributed by atoms with Crippen molar-refractivity contribution in [3.8, 4) is 0 Å².